The highest BCUT2D eigenvalue weighted by Crippen LogP contribution is 2.56. The Kier molecular flexibility index (Phi) is 4.14. The third-order valence-corrected chi connectivity index (χ3v) is 6.40. The van der Waals surface area contributed by atoms with Crippen LogP contribution in [-0.2, 0) is 10.5 Å². The number of anilines is 1. The van der Waals surface area contributed by atoms with E-state index in [1.165, 1.54) is 18.2 Å². The smallest absolute Gasteiger partial charge is 0.306 e. The van der Waals surface area contributed by atoms with Crippen LogP contribution in [0.4, 0.5) is 10.1 Å². The van der Waals surface area contributed by atoms with Crippen LogP contribution in [0.5, 0.6) is 17.2 Å². The van der Waals surface area contributed by atoms with Gasteiger partial charge in [0.1, 0.15) is 11.6 Å². The van der Waals surface area contributed by atoms with E-state index in [0.29, 0.717) is 29.2 Å². The molecular formula is C25H20FN3O4. The van der Waals surface area contributed by atoms with Gasteiger partial charge >= 0.3 is 5.72 Å². The number of carbonyl (C=O) groups excluding carboxylic acids is 1. The molecule has 7 nitrogen and oxygen atoms in total. The van der Waals surface area contributed by atoms with Crippen LogP contribution in [-0.4, -0.2) is 30.8 Å². The Morgan fingerprint density at radius 2 is 1.94 bits per heavy atom. The van der Waals surface area contributed by atoms with Gasteiger partial charge < -0.3 is 19.5 Å². The molecule has 3 aliphatic rings. The largest absolute Gasteiger partial charge is 0.497 e. The van der Waals surface area contributed by atoms with E-state index in [-0.39, 0.29) is 6.04 Å². The maximum absolute atomic E-state index is 14.3. The zero-order chi connectivity index (χ0) is 22.7. The Morgan fingerprint density at radius 3 is 2.70 bits per heavy atom. The molecule has 0 bridgehead atoms. The zero-order valence-electron chi connectivity index (χ0n) is 18.0. The van der Waals surface area contributed by atoms with E-state index in [4.69, 9.17) is 19.3 Å². The predicted octanol–water partition coefficient (Wildman–Crippen LogP) is 4.19. The molecule has 0 fully saturated rings. The number of ether oxygens (including phenoxy) is 3. The number of hydrazone groups is 1. The number of benzene rings is 3. The van der Waals surface area contributed by atoms with Crippen molar-refractivity contribution >= 4 is 17.3 Å². The molecule has 3 heterocycles. The normalized spacial score (nSPS) is 22.2. The molecule has 33 heavy (non-hydrogen) atoms. The van der Waals surface area contributed by atoms with E-state index in [9.17, 15) is 9.18 Å². The topological polar surface area (TPSA) is 72.4 Å². The number of nitrogens with zero attached hydrogens (tertiary/aromatic N) is 2. The SMILES string of the molecule is COc1ccc(C2=NN3[C@H](C2)c2cccc(OC)c2O[C@]32C(=O)Nc3ccc(F)cc32)cc1. The minimum atomic E-state index is -1.65. The van der Waals surface area contributed by atoms with Crippen LogP contribution in [0.2, 0.25) is 0 Å². The Bertz CT molecular complexity index is 1320. The molecule has 2 atom stereocenters. The number of amides is 1. The number of nitrogens with one attached hydrogen (secondary N) is 1. The summed E-state index contributed by atoms with van der Waals surface area (Å²) in [4.78, 5) is 13.5. The van der Waals surface area contributed by atoms with E-state index in [1.54, 1.807) is 25.3 Å². The lowest BCUT2D eigenvalue weighted by atomic mass is 9.92. The molecule has 1 N–H and O–H groups in total. The first-order valence-electron chi connectivity index (χ1n) is 10.5. The van der Waals surface area contributed by atoms with E-state index in [1.807, 2.05) is 36.4 Å². The molecule has 0 saturated heterocycles. The van der Waals surface area contributed by atoms with E-state index >= 15 is 0 Å². The van der Waals surface area contributed by atoms with E-state index in [2.05, 4.69) is 5.32 Å². The minimum Gasteiger partial charge on any atom is -0.497 e. The first kappa shape index (κ1) is 19.6. The molecular weight excluding hydrogens is 425 g/mol. The van der Waals surface area contributed by atoms with Gasteiger partial charge in [0.05, 0.1) is 37.2 Å². The van der Waals surface area contributed by atoms with Crippen LogP contribution in [0.3, 0.4) is 0 Å². The summed E-state index contributed by atoms with van der Waals surface area (Å²) in [6.07, 6.45) is 0.537. The van der Waals surface area contributed by atoms with Gasteiger partial charge in [0, 0.05) is 12.0 Å². The lowest BCUT2D eigenvalue weighted by molar-refractivity contribution is -0.161. The highest BCUT2D eigenvalue weighted by atomic mass is 19.1. The fourth-order valence-corrected chi connectivity index (χ4v) is 4.82. The molecule has 3 aliphatic heterocycles. The lowest BCUT2D eigenvalue weighted by Gasteiger charge is -2.44. The molecule has 0 radical (unpaired) electrons. The van der Waals surface area contributed by atoms with Crippen molar-refractivity contribution in [2.24, 2.45) is 5.10 Å². The average Bonchev–Trinajstić information content (AvgIpc) is 3.40. The van der Waals surface area contributed by atoms with Crippen LogP contribution in [0.25, 0.3) is 0 Å². The van der Waals surface area contributed by atoms with Crippen molar-refractivity contribution in [1.29, 1.82) is 0 Å². The molecule has 0 unspecified atom stereocenters. The van der Waals surface area contributed by atoms with Crippen molar-refractivity contribution in [3.05, 3.63) is 83.2 Å². The second kappa shape index (κ2) is 6.96. The maximum atomic E-state index is 14.3. The number of fused-ring (bicyclic) bond motifs is 6. The Balaban J connectivity index is 1.56. The minimum absolute atomic E-state index is 0.305. The molecule has 1 spiro atoms. The van der Waals surface area contributed by atoms with Gasteiger partial charge in [-0.15, -0.1) is 0 Å². The van der Waals surface area contributed by atoms with Gasteiger partial charge in [-0.1, -0.05) is 12.1 Å². The van der Waals surface area contributed by atoms with Crippen molar-refractivity contribution in [2.45, 2.75) is 18.2 Å². The van der Waals surface area contributed by atoms with Gasteiger partial charge in [-0.05, 0) is 54.1 Å². The van der Waals surface area contributed by atoms with Gasteiger partial charge in [-0.3, -0.25) is 4.79 Å². The van der Waals surface area contributed by atoms with Crippen molar-refractivity contribution in [1.82, 2.24) is 5.01 Å². The molecule has 8 heteroatoms. The molecule has 166 valence electrons. The summed E-state index contributed by atoms with van der Waals surface area (Å²) in [5.74, 6) is 0.810. The number of rotatable bonds is 3. The third-order valence-electron chi connectivity index (χ3n) is 6.40. The van der Waals surface area contributed by atoms with Gasteiger partial charge in [-0.2, -0.15) is 5.10 Å². The first-order valence-corrected chi connectivity index (χ1v) is 10.5. The molecule has 3 aromatic rings. The maximum Gasteiger partial charge on any atom is 0.306 e. The van der Waals surface area contributed by atoms with Gasteiger partial charge in [-0.25, -0.2) is 9.40 Å². The molecule has 1 amide bonds. The number of hydrogen-bond donors (Lipinski definition) is 1. The van der Waals surface area contributed by atoms with E-state index in [0.717, 1.165) is 22.6 Å². The Labute approximate surface area is 189 Å². The second-order valence-electron chi connectivity index (χ2n) is 8.11. The summed E-state index contributed by atoms with van der Waals surface area (Å²) in [6, 6.07) is 17.1. The predicted molar refractivity (Wildman–Crippen MR) is 119 cm³/mol. The van der Waals surface area contributed by atoms with Crippen LogP contribution >= 0.6 is 0 Å². The lowest BCUT2D eigenvalue weighted by Crippen LogP contribution is -2.55. The quantitative estimate of drug-likeness (QED) is 0.655. The zero-order valence-corrected chi connectivity index (χ0v) is 18.0. The average molecular weight is 445 g/mol. The fraction of sp³-hybridized carbons (Fsp3) is 0.200. The van der Waals surface area contributed by atoms with Crippen molar-refractivity contribution < 1.29 is 23.4 Å². The van der Waals surface area contributed by atoms with Gasteiger partial charge in [0.2, 0.25) is 0 Å². The Morgan fingerprint density at radius 1 is 1.12 bits per heavy atom. The number of methoxy groups -OCH3 is 2. The molecule has 0 saturated carbocycles. The van der Waals surface area contributed by atoms with Gasteiger partial charge in [0.25, 0.3) is 5.91 Å². The first-order chi connectivity index (χ1) is 16.0. The van der Waals surface area contributed by atoms with E-state index < -0.39 is 17.4 Å². The number of halogens is 1. The second-order valence-corrected chi connectivity index (χ2v) is 8.11. The highest BCUT2D eigenvalue weighted by Gasteiger charge is 2.61. The molecule has 3 aromatic carbocycles. The number of para-hydroxylation sites is 1. The summed E-state index contributed by atoms with van der Waals surface area (Å²) >= 11 is 0. The summed E-state index contributed by atoms with van der Waals surface area (Å²) in [5, 5.41) is 9.36. The third kappa shape index (κ3) is 2.67. The summed E-state index contributed by atoms with van der Waals surface area (Å²) in [5.41, 5.74) is 1.77. The fourth-order valence-electron chi connectivity index (χ4n) is 4.82. The summed E-state index contributed by atoms with van der Waals surface area (Å²) in [6.45, 7) is 0. The van der Waals surface area contributed by atoms with Crippen molar-refractivity contribution in [3.63, 3.8) is 0 Å². The van der Waals surface area contributed by atoms with Crippen LogP contribution in [0, 0.1) is 5.82 Å². The standard InChI is InChI=1S/C25H20FN3O4/c1-31-16-9-6-14(7-10-16)20-13-21-17-4-3-5-22(32-2)23(17)33-25(29(21)28-20)18-12-15(26)8-11-19(18)27-24(25)30/h3-12,21H,13H2,1-2H3,(H,27,30)/t21-,25-/m1/s1. The molecule has 0 aromatic heterocycles. The number of carbonyl (C=O) groups is 1. The van der Waals surface area contributed by atoms with Gasteiger partial charge in [0.15, 0.2) is 11.5 Å². The highest BCUT2D eigenvalue weighted by molar-refractivity contribution is 6.07. The van der Waals surface area contributed by atoms with Crippen LogP contribution in [0.15, 0.2) is 65.8 Å². The summed E-state index contributed by atoms with van der Waals surface area (Å²) < 4.78 is 31.6. The Hall–Kier alpha value is -4.07. The number of hydrogen-bond acceptors (Lipinski definition) is 6. The van der Waals surface area contributed by atoms with Crippen LogP contribution in [0.1, 0.15) is 29.2 Å². The van der Waals surface area contributed by atoms with Crippen LogP contribution < -0.4 is 19.5 Å². The summed E-state index contributed by atoms with van der Waals surface area (Å²) in [7, 11) is 3.16. The van der Waals surface area contributed by atoms with Crippen molar-refractivity contribution in [2.75, 3.05) is 19.5 Å². The monoisotopic (exact) mass is 445 g/mol. The molecule has 6 rings (SSSR count). The molecule has 0 aliphatic carbocycles. The van der Waals surface area contributed by atoms with Crippen molar-refractivity contribution in [3.8, 4) is 17.2 Å².